The summed E-state index contributed by atoms with van der Waals surface area (Å²) in [5.41, 5.74) is 1.36. The van der Waals surface area contributed by atoms with Crippen LogP contribution < -0.4 is 20.1 Å². The largest absolute Gasteiger partial charge is 0.490 e. The monoisotopic (exact) mass is 430 g/mol. The van der Waals surface area contributed by atoms with E-state index in [1.807, 2.05) is 32.0 Å². The van der Waals surface area contributed by atoms with Crippen molar-refractivity contribution in [3.8, 4) is 11.5 Å². The van der Waals surface area contributed by atoms with Crippen molar-refractivity contribution in [2.45, 2.75) is 32.7 Å². The van der Waals surface area contributed by atoms with Crippen LogP contribution >= 0.6 is 11.6 Å². The Labute approximate surface area is 181 Å². The molecule has 2 amide bonds. The summed E-state index contributed by atoms with van der Waals surface area (Å²) in [4.78, 5) is 24.7. The number of hydrogen-bond donors (Lipinski definition) is 2. The zero-order valence-corrected chi connectivity index (χ0v) is 18.0. The molecule has 2 aromatic carbocycles. The van der Waals surface area contributed by atoms with Crippen molar-refractivity contribution in [2.24, 2.45) is 5.92 Å². The molecule has 1 heterocycles. The Morgan fingerprint density at radius 3 is 2.53 bits per heavy atom. The van der Waals surface area contributed by atoms with Crippen LogP contribution in [-0.2, 0) is 4.79 Å². The molecule has 160 valence electrons. The van der Waals surface area contributed by atoms with Gasteiger partial charge in [-0.25, -0.2) is 0 Å². The Hall–Kier alpha value is -2.73. The number of rotatable bonds is 7. The summed E-state index contributed by atoms with van der Waals surface area (Å²) in [5, 5.41) is 6.19. The molecule has 0 radical (unpaired) electrons. The molecule has 0 aromatic heterocycles. The standard InChI is InChI=1S/C23H27ClN2O4/c1-15(2)22(16-8-9-19-20(14-16)30-13-5-12-29-19)26-21(27)10-11-25-23(28)17-6-3-4-7-18(17)24/h3-4,6-9,14-15,22H,5,10-13H2,1-2H3,(H,25,28)(H,26,27)/t22-/m1/s1. The smallest absolute Gasteiger partial charge is 0.252 e. The minimum absolute atomic E-state index is 0.139. The van der Waals surface area contributed by atoms with Gasteiger partial charge in [0.25, 0.3) is 5.91 Å². The van der Waals surface area contributed by atoms with Crippen molar-refractivity contribution in [3.05, 3.63) is 58.6 Å². The van der Waals surface area contributed by atoms with E-state index in [9.17, 15) is 9.59 Å². The first-order chi connectivity index (χ1) is 14.5. The first kappa shape index (κ1) is 22.0. The van der Waals surface area contributed by atoms with E-state index in [0.717, 1.165) is 17.7 Å². The predicted octanol–water partition coefficient (Wildman–Crippen LogP) is 4.13. The van der Waals surface area contributed by atoms with Crippen LogP contribution in [0.5, 0.6) is 11.5 Å². The molecule has 0 unspecified atom stereocenters. The van der Waals surface area contributed by atoms with Gasteiger partial charge in [-0.3, -0.25) is 9.59 Å². The Bertz CT molecular complexity index is 901. The minimum atomic E-state index is -0.295. The molecule has 0 aliphatic carbocycles. The van der Waals surface area contributed by atoms with Gasteiger partial charge in [-0.1, -0.05) is 43.6 Å². The summed E-state index contributed by atoms with van der Waals surface area (Å²) in [6.45, 7) is 5.57. The van der Waals surface area contributed by atoms with Crippen molar-refractivity contribution in [3.63, 3.8) is 0 Å². The van der Waals surface area contributed by atoms with Crippen molar-refractivity contribution in [1.29, 1.82) is 0 Å². The van der Waals surface area contributed by atoms with E-state index in [1.165, 1.54) is 0 Å². The molecule has 1 aliphatic heterocycles. The van der Waals surface area contributed by atoms with Crippen LogP contribution in [0.1, 0.15) is 48.7 Å². The molecule has 0 fully saturated rings. The van der Waals surface area contributed by atoms with Crippen LogP contribution in [0.2, 0.25) is 5.02 Å². The zero-order chi connectivity index (χ0) is 21.5. The lowest BCUT2D eigenvalue weighted by Gasteiger charge is -2.24. The van der Waals surface area contributed by atoms with Gasteiger partial charge in [0, 0.05) is 19.4 Å². The number of carbonyl (C=O) groups excluding carboxylic acids is 2. The summed E-state index contributed by atoms with van der Waals surface area (Å²) in [5.74, 6) is 1.18. The van der Waals surface area contributed by atoms with Crippen molar-refractivity contribution in [1.82, 2.24) is 10.6 Å². The summed E-state index contributed by atoms with van der Waals surface area (Å²) < 4.78 is 11.5. The molecule has 0 bridgehead atoms. The van der Waals surface area contributed by atoms with Gasteiger partial charge in [0.1, 0.15) is 0 Å². The Kier molecular flexibility index (Phi) is 7.57. The molecular formula is C23H27ClN2O4. The molecule has 2 N–H and O–H groups in total. The number of ether oxygens (including phenoxy) is 2. The van der Waals surface area contributed by atoms with Gasteiger partial charge >= 0.3 is 0 Å². The first-order valence-electron chi connectivity index (χ1n) is 10.2. The second-order valence-electron chi connectivity index (χ2n) is 7.53. The van der Waals surface area contributed by atoms with Crippen molar-refractivity contribution < 1.29 is 19.1 Å². The van der Waals surface area contributed by atoms with Gasteiger partial charge in [-0.2, -0.15) is 0 Å². The highest BCUT2D eigenvalue weighted by molar-refractivity contribution is 6.33. The highest BCUT2D eigenvalue weighted by atomic mass is 35.5. The predicted molar refractivity (Wildman–Crippen MR) is 116 cm³/mol. The normalized spacial score (nSPS) is 14.0. The maximum Gasteiger partial charge on any atom is 0.252 e. The Morgan fingerprint density at radius 1 is 1.07 bits per heavy atom. The van der Waals surface area contributed by atoms with E-state index >= 15 is 0 Å². The molecule has 1 aliphatic rings. The van der Waals surface area contributed by atoms with Gasteiger partial charge in [0.15, 0.2) is 11.5 Å². The molecule has 0 saturated heterocycles. The maximum atomic E-state index is 12.5. The van der Waals surface area contributed by atoms with E-state index < -0.39 is 0 Å². The number of fused-ring (bicyclic) bond motifs is 1. The molecule has 1 atom stereocenters. The van der Waals surface area contributed by atoms with Crippen LogP contribution in [0.25, 0.3) is 0 Å². The fourth-order valence-electron chi connectivity index (χ4n) is 3.28. The van der Waals surface area contributed by atoms with Gasteiger partial charge in [-0.05, 0) is 35.7 Å². The van der Waals surface area contributed by atoms with E-state index in [4.69, 9.17) is 21.1 Å². The third-order valence-electron chi connectivity index (χ3n) is 4.87. The van der Waals surface area contributed by atoms with Crippen LogP contribution in [0.15, 0.2) is 42.5 Å². The van der Waals surface area contributed by atoms with Gasteiger partial charge < -0.3 is 20.1 Å². The fraction of sp³-hybridized carbons (Fsp3) is 0.391. The number of carbonyl (C=O) groups is 2. The fourth-order valence-corrected chi connectivity index (χ4v) is 3.51. The third-order valence-corrected chi connectivity index (χ3v) is 5.20. The van der Waals surface area contributed by atoms with Crippen LogP contribution in [-0.4, -0.2) is 31.6 Å². The van der Waals surface area contributed by atoms with Crippen LogP contribution in [0, 0.1) is 5.92 Å². The highest BCUT2D eigenvalue weighted by Gasteiger charge is 2.21. The molecule has 2 aromatic rings. The van der Waals surface area contributed by atoms with Crippen LogP contribution in [0.3, 0.4) is 0 Å². The van der Waals surface area contributed by atoms with Crippen LogP contribution in [0.4, 0.5) is 0 Å². The minimum Gasteiger partial charge on any atom is -0.490 e. The van der Waals surface area contributed by atoms with E-state index in [1.54, 1.807) is 24.3 Å². The first-order valence-corrected chi connectivity index (χ1v) is 10.5. The maximum absolute atomic E-state index is 12.5. The van der Waals surface area contributed by atoms with E-state index in [-0.39, 0.29) is 36.7 Å². The van der Waals surface area contributed by atoms with Crippen molar-refractivity contribution in [2.75, 3.05) is 19.8 Å². The summed E-state index contributed by atoms with van der Waals surface area (Å²) in [6.07, 6.45) is 1.01. The van der Waals surface area contributed by atoms with Gasteiger partial charge in [0.05, 0.1) is 29.8 Å². The molecule has 0 spiro atoms. The number of benzene rings is 2. The lowest BCUT2D eigenvalue weighted by Crippen LogP contribution is -2.35. The Morgan fingerprint density at radius 2 is 1.80 bits per heavy atom. The average Bonchev–Trinajstić information content (AvgIpc) is 2.97. The molecule has 0 saturated carbocycles. The topological polar surface area (TPSA) is 76.7 Å². The average molecular weight is 431 g/mol. The van der Waals surface area contributed by atoms with Gasteiger partial charge in [0.2, 0.25) is 5.91 Å². The molecule has 30 heavy (non-hydrogen) atoms. The molecular weight excluding hydrogens is 404 g/mol. The summed E-state index contributed by atoms with van der Waals surface area (Å²) >= 11 is 6.03. The Balaban J connectivity index is 1.57. The second kappa shape index (κ2) is 10.3. The third kappa shape index (κ3) is 5.66. The van der Waals surface area contributed by atoms with Crippen molar-refractivity contribution >= 4 is 23.4 Å². The molecule has 3 rings (SSSR count). The lowest BCUT2D eigenvalue weighted by atomic mass is 9.95. The number of hydrogen-bond acceptors (Lipinski definition) is 4. The SMILES string of the molecule is CC(C)[C@@H](NC(=O)CCNC(=O)c1ccccc1Cl)c1ccc2c(c1)OCCCO2. The second-order valence-corrected chi connectivity index (χ2v) is 7.94. The molecule has 6 nitrogen and oxygen atoms in total. The molecule has 7 heteroatoms. The number of halogens is 1. The quantitative estimate of drug-likeness (QED) is 0.692. The number of nitrogens with one attached hydrogen (secondary N) is 2. The zero-order valence-electron chi connectivity index (χ0n) is 17.2. The lowest BCUT2D eigenvalue weighted by molar-refractivity contribution is -0.122. The van der Waals surface area contributed by atoms with Gasteiger partial charge in [-0.15, -0.1) is 0 Å². The summed E-state index contributed by atoms with van der Waals surface area (Å²) in [6, 6.07) is 12.4. The highest BCUT2D eigenvalue weighted by Crippen LogP contribution is 2.34. The summed E-state index contributed by atoms with van der Waals surface area (Å²) in [7, 11) is 0. The van der Waals surface area contributed by atoms with E-state index in [2.05, 4.69) is 10.6 Å². The number of amides is 2. The van der Waals surface area contributed by atoms with E-state index in [0.29, 0.717) is 29.5 Å².